The van der Waals surface area contributed by atoms with Gasteiger partial charge in [-0.3, -0.25) is 4.79 Å². The first-order valence-electron chi connectivity index (χ1n) is 8.57. The molecule has 0 fully saturated rings. The molecule has 2 aromatic rings. The van der Waals surface area contributed by atoms with Crippen LogP contribution >= 0.6 is 0 Å². The van der Waals surface area contributed by atoms with E-state index in [2.05, 4.69) is 0 Å². The van der Waals surface area contributed by atoms with Crippen LogP contribution in [0.1, 0.15) is 12.5 Å². The van der Waals surface area contributed by atoms with E-state index in [-0.39, 0.29) is 19.1 Å². The van der Waals surface area contributed by atoms with Crippen molar-refractivity contribution in [3.8, 4) is 11.5 Å². The summed E-state index contributed by atoms with van der Waals surface area (Å²) in [7, 11) is 0. The summed E-state index contributed by atoms with van der Waals surface area (Å²) in [5.41, 5.74) is 2.01. The second-order valence-electron chi connectivity index (χ2n) is 5.75. The number of carbonyl (C=O) groups is 2. The predicted molar refractivity (Wildman–Crippen MR) is 96.6 cm³/mol. The van der Waals surface area contributed by atoms with Crippen molar-refractivity contribution in [1.82, 2.24) is 0 Å². The highest BCUT2D eigenvalue weighted by molar-refractivity contribution is 5.97. The van der Waals surface area contributed by atoms with Crippen LogP contribution in [0, 0.1) is 0 Å². The number of hydrogen-bond donors (Lipinski definition) is 0. The van der Waals surface area contributed by atoms with Gasteiger partial charge in [0.15, 0.2) is 24.7 Å². The molecule has 1 aliphatic heterocycles. The van der Waals surface area contributed by atoms with Crippen LogP contribution in [0.25, 0.3) is 0 Å². The van der Waals surface area contributed by atoms with Crippen LogP contribution in [0.15, 0.2) is 48.5 Å². The monoisotopic (exact) mass is 355 g/mol. The number of benzene rings is 2. The minimum absolute atomic E-state index is 0.238. The van der Waals surface area contributed by atoms with Gasteiger partial charge in [0.25, 0.3) is 5.91 Å². The average molecular weight is 355 g/mol. The van der Waals surface area contributed by atoms with E-state index in [0.717, 1.165) is 17.7 Å². The van der Waals surface area contributed by atoms with Crippen LogP contribution in [-0.2, 0) is 20.7 Å². The average Bonchev–Trinajstić information content (AvgIpc) is 3.10. The molecule has 0 N–H and O–H groups in total. The Morgan fingerprint density at radius 1 is 0.962 bits per heavy atom. The molecule has 0 unspecified atom stereocenters. The van der Waals surface area contributed by atoms with Gasteiger partial charge in [0, 0.05) is 12.2 Å². The van der Waals surface area contributed by atoms with Gasteiger partial charge in [-0.1, -0.05) is 30.3 Å². The molecule has 0 saturated heterocycles. The summed E-state index contributed by atoms with van der Waals surface area (Å²) < 4.78 is 15.9. The van der Waals surface area contributed by atoms with Gasteiger partial charge in [-0.2, -0.15) is 0 Å². The third kappa shape index (κ3) is 4.14. The molecule has 26 heavy (non-hydrogen) atoms. The first-order valence-corrected chi connectivity index (χ1v) is 8.57. The second kappa shape index (κ2) is 8.38. The molecule has 0 bridgehead atoms. The number of rotatable bonds is 7. The van der Waals surface area contributed by atoms with Gasteiger partial charge in [-0.05, 0) is 37.1 Å². The lowest BCUT2D eigenvalue weighted by atomic mass is 10.2. The molecule has 6 heteroatoms. The Morgan fingerprint density at radius 3 is 2.42 bits per heavy atom. The Hall–Kier alpha value is -3.02. The Kier molecular flexibility index (Phi) is 5.73. The molecule has 1 aliphatic rings. The summed E-state index contributed by atoms with van der Waals surface area (Å²) in [6.45, 7) is 2.38. The van der Waals surface area contributed by atoms with Crippen LogP contribution in [0.3, 0.4) is 0 Å². The summed E-state index contributed by atoms with van der Waals surface area (Å²) in [6.07, 6.45) is 0.813. The van der Waals surface area contributed by atoms with Crippen molar-refractivity contribution in [2.24, 2.45) is 0 Å². The standard InChI is InChI=1S/C20H21NO5/c1-2-24-17-9-5-6-10-18(17)25-14-20(23)26-13-19(22)21-12-11-15-7-3-4-8-16(15)21/h3-10H,2,11-14H2,1H3. The molecule has 0 spiro atoms. The molecule has 0 atom stereocenters. The molecular weight excluding hydrogens is 334 g/mol. The summed E-state index contributed by atoms with van der Waals surface area (Å²) in [4.78, 5) is 25.9. The molecule has 1 heterocycles. The number of amides is 1. The fourth-order valence-corrected chi connectivity index (χ4v) is 2.84. The molecule has 1 amide bonds. The van der Waals surface area contributed by atoms with Crippen molar-refractivity contribution in [3.05, 3.63) is 54.1 Å². The zero-order valence-corrected chi connectivity index (χ0v) is 14.6. The molecular formula is C20H21NO5. The Bertz CT molecular complexity index is 789. The highest BCUT2D eigenvalue weighted by atomic mass is 16.6. The number of nitrogens with zero attached hydrogens (tertiary/aromatic N) is 1. The van der Waals surface area contributed by atoms with Crippen molar-refractivity contribution in [2.45, 2.75) is 13.3 Å². The lowest BCUT2D eigenvalue weighted by Crippen LogP contribution is -2.33. The van der Waals surface area contributed by atoms with E-state index in [4.69, 9.17) is 14.2 Å². The summed E-state index contributed by atoms with van der Waals surface area (Å²) in [5, 5.41) is 0. The zero-order chi connectivity index (χ0) is 18.4. The third-order valence-electron chi connectivity index (χ3n) is 4.04. The number of ether oxygens (including phenoxy) is 3. The number of fused-ring (bicyclic) bond motifs is 1. The van der Waals surface area contributed by atoms with Crippen molar-refractivity contribution < 1.29 is 23.8 Å². The molecule has 3 rings (SSSR count). The molecule has 0 aromatic heterocycles. The fraction of sp³-hybridized carbons (Fsp3) is 0.300. The summed E-state index contributed by atoms with van der Waals surface area (Å²) in [6, 6.07) is 14.8. The maximum atomic E-state index is 12.3. The minimum atomic E-state index is -0.600. The third-order valence-corrected chi connectivity index (χ3v) is 4.04. The second-order valence-corrected chi connectivity index (χ2v) is 5.75. The summed E-state index contributed by atoms with van der Waals surface area (Å²) >= 11 is 0. The molecule has 0 radical (unpaired) electrons. The largest absolute Gasteiger partial charge is 0.490 e. The van der Waals surface area contributed by atoms with Gasteiger partial charge in [0.1, 0.15) is 0 Å². The fourth-order valence-electron chi connectivity index (χ4n) is 2.84. The lowest BCUT2D eigenvalue weighted by molar-refractivity contribution is -0.149. The van der Waals surface area contributed by atoms with Gasteiger partial charge in [-0.15, -0.1) is 0 Å². The first-order chi connectivity index (χ1) is 12.7. The Balaban J connectivity index is 1.48. The highest BCUT2D eigenvalue weighted by Crippen LogP contribution is 2.28. The van der Waals surface area contributed by atoms with E-state index in [9.17, 15) is 9.59 Å². The SMILES string of the molecule is CCOc1ccccc1OCC(=O)OCC(=O)N1CCc2ccccc21. The normalized spacial score (nSPS) is 12.4. The van der Waals surface area contributed by atoms with E-state index in [1.807, 2.05) is 37.3 Å². The highest BCUT2D eigenvalue weighted by Gasteiger charge is 2.24. The maximum Gasteiger partial charge on any atom is 0.344 e. The number of para-hydroxylation sites is 3. The molecule has 0 aliphatic carbocycles. The van der Waals surface area contributed by atoms with E-state index < -0.39 is 5.97 Å². The Morgan fingerprint density at radius 2 is 1.65 bits per heavy atom. The molecule has 2 aromatic carbocycles. The van der Waals surface area contributed by atoms with E-state index in [1.54, 1.807) is 23.1 Å². The van der Waals surface area contributed by atoms with Gasteiger partial charge >= 0.3 is 5.97 Å². The molecule has 6 nitrogen and oxygen atoms in total. The number of hydrogen-bond acceptors (Lipinski definition) is 5. The van der Waals surface area contributed by atoms with Gasteiger partial charge in [0.05, 0.1) is 6.61 Å². The van der Waals surface area contributed by atoms with Crippen molar-refractivity contribution in [2.75, 3.05) is 31.3 Å². The van der Waals surface area contributed by atoms with Crippen molar-refractivity contribution in [1.29, 1.82) is 0 Å². The van der Waals surface area contributed by atoms with Crippen LogP contribution in [0.5, 0.6) is 11.5 Å². The summed E-state index contributed by atoms with van der Waals surface area (Å²) in [5.74, 6) is 0.189. The maximum absolute atomic E-state index is 12.3. The van der Waals surface area contributed by atoms with Crippen LogP contribution in [0.4, 0.5) is 5.69 Å². The molecule has 0 saturated carbocycles. The smallest absolute Gasteiger partial charge is 0.344 e. The van der Waals surface area contributed by atoms with Crippen molar-refractivity contribution in [3.63, 3.8) is 0 Å². The number of carbonyl (C=O) groups excluding carboxylic acids is 2. The molecule has 136 valence electrons. The van der Waals surface area contributed by atoms with Crippen LogP contribution in [0.2, 0.25) is 0 Å². The van der Waals surface area contributed by atoms with Crippen LogP contribution in [-0.4, -0.2) is 38.2 Å². The number of esters is 1. The van der Waals surface area contributed by atoms with Gasteiger partial charge in [0.2, 0.25) is 0 Å². The van der Waals surface area contributed by atoms with Gasteiger partial charge in [-0.25, -0.2) is 4.79 Å². The zero-order valence-electron chi connectivity index (χ0n) is 14.6. The number of anilines is 1. The topological polar surface area (TPSA) is 65.1 Å². The lowest BCUT2D eigenvalue weighted by Gasteiger charge is -2.17. The van der Waals surface area contributed by atoms with Crippen molar-refractivity contribution >= 4 is 17.6 Å². The quantitative estimate of drug-likeness (QED) is 0.715. The van der Waals surface area contributed by atoms with E-state index in [1.165, 1.54) is 0 Å². The predicted octanol–water partition coefficient (Wildman–Crippen LogP) is 2.60. The first kappa shape index (κ1) is 17.8. The van der Waals surface area contributed by atoms with E-state index >= 15 is 0 Å². The Labute approximate surface area is 152 Å². The van der Waals surface area contributed by atoms with Crippen LogP contribution < -0.4 is 14.4 Å². The van der Waals surface area contributed by atoms with Gasteiger partial charge < -0.3 is 19.1 Å². The minimum Gasteiger partial charge on any atom is -0.490 e. The van der Waals surface area contributed by atoms with E-state index in [0.29, 0.717) is 24.7 Å².